The zero-order valence-electron chi connectivity index (χ0n) is 30.6. The van der Waals surface area contributed by atoms with Gasteiger partial charge in [0.2, 0.25) is 0 Å². The Kier molecular flexibility index (Phi) is 12.1. The number of nitrogens with zero attached hydrogens (tertiary/aromatic N) is 1. The Labute approximate surface area is 283 Å². The van der Waals surface area contributed by atoms with Gasteiger partial charge < -0.3 is 28.3 Å². The number of carbonyl (C=O) groups excluding carboxylic acids is 1. The first-order chi connectivity index (χ1) is 21.8. The van der Waals surface area contributed by atoms with Crippen molar-refractivity contribution in [2.45, 2.75) is 110 Å². The number of anilines is 1. The Morgan fingerprint density at radius 3 is 1.98 bits per heavy atom. The van der Waals surface area contributed by atoms with E-state index in [1.165, 1.54) is 7.11 Å². The van der Waals surface area contributed by atoms with Crippen LogP contribution in [-0.2, 0) is 4.43 Å². The molecule has 1 aliphatic rings. The molecule has 2 amide bonds. The minimum Gasteiger partial charge on any atom is -0.540 e. The SMILES string of the molecule is COc1ccc(C2=CN(C(=O)c3cc(OC)c(O[Si](C(C)C)(C(C)C)C(C)C)cc3NC(=O)O)[C@H](CO[Si](C)(C)C(C)(C)C)C2)cc1. The summed E-state index contributed by atoms with van der Waals surface area (Å²) in [6.45, 7) is 24.4. The maximum Gasteiger partial charge on any atom is 0.409 e. The molecule has 0 saturated carbocycles. The van der Waals surface area contributed by atoms with Gasteiger partial charge in [0.1, 0.15) is 11.5 Å². The minimum atomic E-state index is -2.44. The quantitative estimate of drug-likeness (QED) is 0.202. The van der Waals surface area contributed by atoms with Crippen LogP contribution in [0.4, 0.5) is 10.5 Å². The van der Waals surface area contributed by atoms with E-state index in [1.807, 2.05) is 30.5 Å². The van der Waals surface area contributed by atoms with Crippen molar-refractivity contribution in [3.05, 3.63) is 53.7 Å². The summed E-state index contributed by atoms with van der Waals surface area (Å²) in [7, 11) is -1.41. The molecule has 260 valence electrons. The van der Waals surface area contributed by atoms with Crippen LogP contribution >= 0.6 is 0 Å². The standard InChI is InChI=1S/C36H56N2O7Si2/c1-23(2)47(24(3)4,25(5)6)45-33-20-31(37-35(40)41)30(19-32(33)43-11)34(39)38-21-27(26-14-16-29(42-10)17-15-26)18-28(38)22-44-46(12,13)36(7,8)9/h14-17,19-21,23-25,28,37H,18,22H2,1-13H3,(H,40,41)/t28-/m0/s1. The van der Waals surface area contributed by atoms with Crippen LogP contribution in [0.25, 0.3) is 5.57 Å². The molecule has 11 heteroatoms. The van der Waals surface area contributed by atoms with Gasteiger partial charge in [0.05, 0.1) is 38.1 Å². The summed E-state index contributed by atoms with van der Waals surface area (Å²) in [4.78, 5) is 28.3. The van der Waals surface area contributed by atoms with E-state index in [-0.39, 0.29) is 44.9 Å². The van der Waals surface area contributed by atoms with Crippen molar-refractivity contribution in [1.82, 2.24) is 4.90 Å². The Bertz CT molecular complexity index is 1420. The third-order valence-corrected chi connectivity index (χ3v) is 20.5. The molecule has 2 aromatic rings. The second-order valence-corrected chi connectivity index (χ2v) is 25.1. The molecule has 0 aliphatic carbocycles. The Balaban J connectivity index is 2.14. The van der Waals surface area contributed by atoms with Gasteiger partial charge in [-0.15, -0.1) is 0 Å². The topological polar surface area (TPSA) is 107 Å². The van der Waals surface area contributed by atoms with Crippen LogP contribution in [-0.4, -0.2) is 65.5 Å². The van der Waals surface area contributed by atoms with Crippen LogP contribution in [0.3, 0.4) is 0 Å². The monoisotopic (exact) mass is 684 g/mol. The largest absolute Gasteiger partial charge is 0.540 e. The predicted molar refractivity (Wildman–Crippen MR) is 195 cm³/mol. The maximum atomic E-state index is 14.5. The molecule has 2 N–H and O–H groups in total. The van der Waals surface area contributed by atoms with Crippen molar-refractivity contribution in [3.8, 4) is 17.2 Å². The number of amides is 2. The van der Waals surface area contributed by atoms with Crippen molar-refractivity contribution in [1.29, 1.82) is 0 Å². The zero-order valence-corrected chi connectivity index (χ0v) is 32.6. The first kappa shape index (κ1) is 38.2. The lowest BCUT2D eigenvalue weighted by Crippen LogP contribution is -2.50. The molecular formula is C36H56N2O7Si2. The van der Waals surface area contributed by atoms with Crippen molar-refractivity contribution in [2.24, 2.45) is 0 Å². The van der Waals surface area contributed by atoms with Crippen molar-refractivity contribution in [2.75, 3.05) is 26.1 Å². The maximum absolute atomic E-state index is 14.5. The van der Waals surface area contributed by atoms with E-state index in [4.69, 9.17) is 18.3 Å². The Hall–Kier alpha value is -3.29. The fourth-order valence-electron chi connectivity index (χ4n) is 6.44. The van der Waals surface area contributed by atoms with Gasteiger partial charge in [-0.1, -0.05) is 74.4 Å². The number of nitrogens with one attached hydrogen (secondary N) is 1. The highest BCUT2D eigenvalue weighted by Crippen LogP contribution is 2.46. The average Bonchev–Trinajstić information content (AvgIpc) is 3.41. The molecule has 9 nitrogen and oxygen atoms in total. The molecule has 47 heavy (non-hydrogen) atoms. The van der Waals surface area contributed by atoms with E-state index >= 15 is 0 Å². The van der Waals surface area contributed by atoms with Gasteiger partial charge >= 0.3 is 6.09 Å². The van der Waals surface area contributed by atoms with E-state index < -0.39 is 22.7 Å². The van der Waals surface area contributed by atoms with Crippen LogP contribution in [0.1, 0.15) is 84.7 Å². The number of carboxylic acid groups (broad SMARTS) is 1. The summed E-state index contributed by atoms with van der Waals surface area (Å²) in [5.74, 6) is 1.21. The summed E-state index contributed by atoms with van der Waals surface area (Å²) in [6, 6.07) is 10.7. The Morgan fingerprint density at radius 2 is 1.51 bits per heavy atom. The number of ether oxygens (including phenoxy) is 2. The van der Waals surface area contributed by atoms with Crippen LogP contribution in [0.5, 0.6) is 17.2 Å². The summed E-state index contributed by atoms with van der Waals surface area (Å²) < 4.78 is 24.7. The first-order valence-corrected chi connectivity index (χ1v) is 21.6. The van der Waals surface area contributed by atoms with E-state index in [9.17, 15) is 14.7 Å². The molecule has 0 bridgehead atoms. The molecule has 0 radical (unpaired) electrons. The lowest BCUT2D eigenvalue weighted by atomic mass is 10.0. The van der Waals surface area contributed by atoms with Crippen molar-refractivity contribution >= 4 is 39.9 Å². The van der Waals surface area contributed by atoms with E-state index in [1.54, 1.807) is 24.1 Å². The van der Waals surface area contributed by atoms with Crippen LogP contribution < -0.4 is 19.2 Å². The van der Waals surface area contributed by atoms with E-state index in [0.29, 0.717) is 24.5 Å². The third-order valence-electron chi connectivity index (χ3n) is 10.1. The van der Waals surface area contributed by atoms with Gasteiger partial charge in [-0.05, 0) is 70.5 Å². The van der Waals surface area contributed by atoms with Gasteiger partial charge in [-0.2, -0.15) is 0 Å². The first-order valence-electron chi connectivity index (χ1n) is 16.5. The summed E-state index contributed by atoms with van der Waals surface area (Å²) >= 11 is 0. The molecule has 2 aromatic carbocycles. The fourth-order valence-corrected chi connectivity index (χ4v) is 12.7. The minimum absolute atomic E-state index is 0.00501. The molecule has 0 saturated heterocycles. The van der Waals surface area contributed by atoms with Crippen molar-refractivity contribution in [3.63, 3.8) is 0 Å². The molecule has 1 atom stereocenters. The smallest absolute Gasteiger partial charge is 0.409 e. The second-order valence-electron chi connectivity index (χ2n) is 14.9. The summed E-state index contributed by atoms with van der Waals surface area (Å²) in [5, 5.41) is 12.3. The van der Waals surface area contributed by atoms with Gasteiger partial charge in [-0.3, -0.25) is 10.1 Å². The second kappa shape index (κ2) is 14.9. The van der Waals surface area contributed by atoms with Crippen LogP contribution in [0.2, 0.25) is 34.8 Å². The number of hydrogen-bond donors (Lipinski definition) is 2. The molecule has 0 unspecified atom stereocenters. The number of benzene rings is 2. The van der Waals surface area contributed by atoms with Gasteiger partial charge in [0.15, 0.2) is 14.1 Å². The molecule has 0 aromatic heterocycles. The molecule has 1 aliphatic heterocycles. The zero-order chi connectivity index (χ0) is 35.5. The molecule has 3 rings (SSSR count). The predicted octanol–water partition coefficient (Wildman–Crippen LogP) is 9.63. The van der Waals surface area contributed by atoms with Crippen LogP contribution in [0, 0.1) is 0 Å². The summed E-state index contributed by atoms with van der Waals surface area (Å²) in [6.07, 6.45) is 1.17. The normalized spacial score (nSPS) is 15.7. The van der Waals surface area contributed by atoms with E-state index in [2.05, 4.69) is 80.7 Å². The number of hydrogen-bond acceptors (Lipinski definition) is 6. The molecular weight excluding hydrogens is 629 g/mol. The van der Waals surface area contributed by atoms with Gasteiger partial charge in [0.25, 0.3) is 14.2 Å². The van der Waals surface area contributed by atoms with Crippen molar-refractivity contribution < 1.29 is 33.0 Å². The van der Waals surface area contributed by atoms with Gasteiger partial charge in [-0.25, -0.2) is 4.79 Å². The fraction of sp³-hybridized carbons (Fsp3) is 0.556. The van der Waals surface area contributed by atoms with Crippen LogP contribution in [0.15, 0.2) is 42.6 Å². The number of methoxy groups -OCH3 is 2. The number of rotatable bonds is 13. The highest BCUT2D eigenvalue weighted by Gasteiger charge is 2.48. The Morgan fingerprint density at radius 1 is 0.936 bits per heavy atom. The van der Waals surface area contributed by atoms with E-state index in [0.717, 1.165) is 16.9 Å². The van der Waals surface area contributed by atoms with Gasteiger partial charge in [0, 0.05) is 12.3 Å². The average molecular weight is 685 g/mol. The molecule has 0 fully saturated rings. The molecule has 1 heterocycles. The summed E-state index contributed by atoms with van der Waals surface area (Å²) in [5.41, 5.74) is 3.10. The lowest BCUT2D eigenvalue weighted by molar-refractivity contribution is 0.0738. The lowest BCUT2D eigenvalue weighted by Gasteiger charge is -2.42. The highest BCUT2D eigenvalue weighted by molar-refractivity contribution is 6.78. The highest BCUT2D eigenvalue weighted by atomic mass is 28.4. The molecule has 0 spiro atoms. The number of carbonyl (C=O) groups is 2. The third kappa shape index (κ3) is 8.24.